The van der Waals surface area contributed by atoms with E-state index < -0.39 is 6.10 Å². The van der Waals surface area contributed by atoms with Gasteiger partial charge in [0.15, 0.2) is 0 Å². The zero-order valence-corrected chi connectivity index (χ0v) is 18.3. The molecule has 4 aromatic carbocycles. The van der Waals surface area contributed by atoms with Crippen molar-refractivity contribution in [2.45, 2.75) is 18.6 Å². The van der Waals surface area contributed by atoms with Crippen LogP contribution in [0.1, 0.15) is 29.7 Å². The third-order valence-electron chi connectivity index (χ3n) is 5.13. The molecule has 0 aliphatic heterocycles. The van der Waals surface area contributed by atoms with E-state index in [1.807, 2.05) is 72.8 Å². The molecule has 0 amide bonds. The van der Waals surface area contributed by atoms with Gasteiger partial charge in [-0.1, -0.05) is 83.3 Å². The number of halogens is 3. The second kappa shape index (κ2) is 9.28. The molecule has 0 spiro atoms. The lowest BCUT2D eigenvalue weighted by Gasteiger charge is -2.24. The van der Waals surface area contributed by atoms with Gasteiger partial charge in [-0.2, -0.15) is 0 Å². The van der Waals surface area contributed by atoms with Crippen LogP contribution in [-0.2, 0) is 0 Å². The van der Waals surface area contributed by atoms with E-state index in [1.54, 1.807) is 6.07 Å². The van der Waals surface area contributed by atoms with Crippen molar-refractivity contribution in [2.24, 2.45) is 0 Å². The molecule has 152 valence electrons. The lowest BCUT2D eigenvalue weighted by atomic mass is 9.95. The van der Waals surface area contributed by atoms with Crippen molar-refractivity contribution >= 4 is 51.3 Å². The van der Waals surface area contributed by atoms with Crippen LogP contribution in [0.2, 0.25) is 15.1 Å². The third kappa shape index (κ3) is 4.91. The summed E-state index contributed by atoms with van der Waals surface area (Å²) in [6, 6.07) is 27.0. The fourth-order valence-electron chi connectivity index (χ4n) is 3.56. The summed E-state index contributed by atoms with van der Waals surface area (Å²) in [5, 5.41) is 18.4. The first-order valence-corrected chi connectivity index (χ1v) is 10.8. The van der Waals surface area contributed by atoms with E-state index in [1.165, 1.54) is 0 Å². The number of nitrogens with one attached hydrogen (secondary N) is 1. The summed E-state index contributed by atoms with van der Waals surface area (Å²) in [4.78, 5) is 0. The molecule has 5 heteroatoms. The molecule has 2 atom stereocenters. The van der Waals surface area contributed by atoms with Crippen molar-refractivity contribution in [3.05, 3.63) is 111 Å². The van der Waals surface area contributed by atoms with Gasteiger partial charge in [-0.3, -0.25) is 0 Å². The molecule has 2 N–H and O–H groups in total. The predicted octanol–water partition coefficient (Wildman–Crippen LogP) is 8.08. The van der Waals surface area contributed by atoms with E-state index in [4.69, 9.17) is 34.8 Å². The highest BCUT2D eigenvalue weighted by Crippen LogP contribution is 2.34. The molecule has 2 unspecified atom stereocenters. The molecule has 0 saturated heterocycles. The van der Waals surface area contributed by atoms with Gasteiger partial charge in [0.25, 0.3) is 0 Å². The summed E-state index contributed by atoms with van der Waals surface area (Å²) in [5.41, 5.74) is 2.67. The summed E-state index contributed by atoms with van der Waals surface area (Å²) < 4.78 is 0. The molecular formula is C25H20Cl3NO. The van der Waals surface area contributed by atoms with Gasteiger partial charge in [-0.25, -0.2) is 0 Å². The first-order chi connectivity index (χ1) is 14.5. The van der Waals surface area contributed by atoms with Crippen molar-refractivity contribution < 1.29 is 5.11 Å². The molecule has 4 rings (SSSR count). The Morgan fingerprint density at radius 2 is 1.47 bits per heavy atom. The second-order valence-electron chi connectivity index (χ2n) is 7.24. The molecule has 0 heterocycles. The molecule has 0 saturated carbocycles. The van der Waals surface area contributed by atoms with Gasteiger partial charge in [-0.15, -0.1) is 0 Å². The second-order valence-corrected chi connectivity index (χ2v) is 8.49. The monoisotopic (exact) mass is 455 g/mol. The SMILES string of the molecule is OC(CC(Nc1cccc(Cl)c1)c1ccc(Cl)c(Cl)c1)c1ccc2ccccc2c1. The Morgan fingerprint density at radius 1 is 0.700 bits per heavy atom. The Kier molecular flexibility index (Phi) is 6.50. The Morgan fingerprint density at radius 3 is 2.23 bits per heavy atom. The van der Waals surface area contributed by atoms with E-state index >= 15 is 0 Å². The lowest BCUT2D eigenvalue weighted by Crippen LogP contribution is -2.15. The highest BCUT2D eigenvalue weighted by molar-refractivity contribution is 6.42. The standard InChI is InChI=1S/C25H20Cl3NO/c26-20-6-3-7-21(14-20)29-24(18-10-11-22(27)23(28)13-18)15-25(30)19-9-8-16-4-1-2-5-17(16)12-19/h1-14,24-25,29-30H,15H2. The maximum absolute atomic E-state index is 11.0. The Labute approximate surface area is 191 Å². The van der Waals surface area contributed by atoms with Gasteiger partial charge in [0.05, 0.1) is 22.2 Å². The number of fused-ring (bicyclic) bond motifs is 1. The topological polar surface area (TPSA) is 32.3 Å². The number of aliphatic hydroxyl groups excluding tert-OH is 1. The van der Waals surface area contributed by atoms with E-state index in [0.717, 1.165) is 27.6 Å². The van der Waals surface area contributed by atoms with Gasteiger partial charge in [0.1, 0.15) is 0 Å². The molecule has 0 aliphatic rings. The molecule has 0 aromatic heterocycles. The molecule has 2 nitrogen and oxygen atoms in total. The fraction of sp³-hybridized carbons (Fsp3) is 0.120. The van der Waals surface area contributed by atoms with Crippen LogP contribution in [0.25, 0.3) is 10.8 Å². The smallest absolute Gasteiger partial charge is 0.0813 e. The van der Waals surface area contributed by atoms with E-state index in [2.05, 4.69) is 11.4 Å². The third-order valence-corrected chi connectivity index (χ3v) is 6.10. The molecule has 4 aromatic rings. The zero-order valence-electron chi connectivity index (χ0n) is 16.0. The van der Waals surface area contributed by atoms with Crippen LogP contribution in [0.15, 0.2) is 84.9 Å². The largest absolute Gasteiger partial charge is 0.388 e. The van der Waals surface area contributed by atoms with E-state index in [9.17, 15) is 5.11 Å². The van der Waals surface area contributed by atoms with Gasteiger partial charge in [-0.05, 0) is 58.3 Å². The summed E-state index contributed by atoms with van der Waals surface area (Å²) in [6.07, 6.45) is -0.219. The molecular weight excluding hydrogens is 437 g/mol. The van der Waals surface area contributed by atoms with Crippen molar-refractivity contribution in [1.82, 2.24) is 0 Å². The minimum atomic E-state index is -0.666. The molecule has 0 fully saturated rings. The quantitative estimate of drug-likeness (QED) is 0.307. The Bertz CT molecular complexity index is 1180. The van der Waals surface area contributed by atoms with Crippen molar-refractivity contribution in [3.8, 4) is 0 Å². The molecule has 0 aliphatic carbocycles. The normalized spacial score (nSPS) is 13.2. The maximum Gasteiger partial charge on any atom is 0.0813 e. The number of hydrogen-bond acceptors (Lipinski definition) is 2. The first kappa shape index (κ1) is 21.0. The highest BCUT2D eigenvalue weighted by atomic mass is 35.5. The van der Waals surface area contributed by atoms with Crippen molar-refractivity contribution in [3.63, 3.8) is 0 Å². The highest BCUT2D eigenvalue weighted by Gasteiger charge is 2.19. The lowest BCUT2D eigenvalue weighted by molar-refractivity contribution is 0.161. The van der Waals surface area contributed by atoms with Crippen LogP contribution >= 0.6 is 34.8 Å². The van der Waals surface area contributed by atoms with Crippen LogP contribution in [0, 0.1) is 0 Å². The molecule has 0 bridgehead atoms. The number of aliphatic hydroxyl groups is 1. The molecule has 30 heavy (non-hydrogen) atoms. The first-order valence-electron chi connectivity index (χ1n) is 9.63. The summed E-state index contributed by atoms with van der Waals surface area (Å²) in [6.45, 7) is 0. The van der Waals surface area contributed by atoms with Crippen LogP contribution < -0.4 is 5.32 Å². The zero-order chi connectivity index (χ0) is 21.1. The van der Waals surface area contributed by atoms with Crippen LogP contribution in [0.4, 0.5) is 5.69 Å². The van der Waals surface area contributed by atoms with Crippen LogP contribution in [0.3, 0.4) is 0 Å². The van der Waals surface area contributed by atoms with Gasteiger partial charge in [0, 0.05) is 17.1 Å². The fourth-order valence-corrected chi connectivity index (χ4v) is 4.06. The minimum absolute atomic E-state index is 0.195. The maximum atomic E-state index is 11.0. The number of benzene rings is 4. The Hall–Kier alpha value is -2.23. The van der Waals surface area contributed by atoms with Crippen LogP contribution in [-0.4, -0.2) is 5.11 Å². The molecule has 0 radical (unpaired) electrons. The van der Waals surface area contributed by atoms with E-state index in [-0.39, 0.29) is 6.04 Å². The minimum Gasteiger partial charge on any atom is -0.388 e. The summed E-state index contributed by atoms with van der Waals surface area (Å²) >= 11 is 18.5. The van der Waals surface area contributed by atoms with Gasteiger partial charge < -0.3 is 10.4 Å². The number of anilines is 1. The van der Waals surface area contributed by atoms with E-state index in [0.29, 0.717) is 21.5 Å². The summed E-state index contributed by atoms with van der Waals surface area (Å²) in [5.74, 6) is 0. The average molecular weight is 457 g/mol. The van der Waals surface area contributed by atoms with Crippen molar-refractivity contribution in [1.29, 1.82) is 0 Å². The van der Waals surface area contributed by atoms with Crippen LogP contribution in [0.5, 0.6) is 0 Å². The van der Waals surface area contributed by atoms with Crippen molar-refractivity contribution in [2.75, 3.05) is 5.32 Å². The average Bonchev–Trinajstić information content (AvgIpc) is 2.75. The Balaban J connectivity index is 1.64. The number of hydrogen-bond donors (Lipinski definition) is 2. The summed E-state index contributed by atoms with van der Waals surface area (Å²) in [7, 11) is 0. The number of rotatable bonds is 6. The van der Waals surface area contributed by atoms with Gasteiger partial charge >= 0.3 is 0 Å². The predicted molar refractivity (Wildman–Crippen MR) is 128 cm³/mol. The van der Waals surface area contributed by atoms with Gasteiger partial charge in [0.2, 0.25) is 0 Å².